The van der Waals surface area contributed by atoms with Gasteiger partial charge in [0.1, 0.15) is 0 Å². The Morgan fingerprint density at radius 2 is 1.65 bits per heavy atom. The molecular weight excluding hydrogens is 513 g/mol. The molecule has 0 aromatic heterocycles. The largest absolute Gasteiger partial charge is 0.762 e. The topological polar surface area (TPSA) is 121 Å². The van der Waals surface area contributed by atoms with Crippen molar-refractivity contribution in [2.24, 2.45) is 22.9 Å². The second-order valence-corrected chi connectivity index (χ2v) is 11.8. The number of rotatable bonds is 7. The molecular formula is C21H38IN5O4-2. The lowest BCUT2D eigenvalue weighted by atomic mass is 9.84. The number of nitrogens with one attached hydrogen (secondary N) is 1. The lowest BCUT2D eigenvalue weighted by molar-refractivity contribution is -0.137. The second-order valence-electron chi connectivity index (χ2n) is 10.1. The third-order valence-electron chi connectivity index (χ3n) is 7.22. The first-order valence-electron chi connectivity index (χ1n) is 11.7. The van der Waals surface area contributed by atoms with Crippen LogP contribution in [0, 0.1) is 28.2 Å². The van der Waals surface area contributed by atoms with E-state index < -0.39 is 12.1 Å². The van der Waals surface area contributed by atoms with Crippen LogP contribution < -0.4 is 5.43 Å². The molecule has 0 aromatic carbocycles. The quantitative estimate of drug-likeness (QED) is 0.190. The van der Waals surface area contributed by atoms with Crippen molar-refractivity contribution in [2.45, 2.75) is 87.3 Å². The fourth-order valence-electron chi connectivity index (χ4n) is 5.68. The number of hydrazone groups is 1. The van der Waals surface area contributed by atoms with Crippen LogP contribution >= 0.6 is 22.6 Å². The lowest BCUT2D eigenvalue weighted by Gasteiger charge is -2.45. The predicted octanol–water partition coefficient (Wildman–Crippen LogP) is 3.57. The Balaban J connectivity index is 1.70. The summed E-state index contributed by atoms with van der Waals surface area (Å²) in [6.45, 7) is 7.63. The zero-order valence-corrected chi connectivity index (χ0v) is 20.9. The highest BCUT2D eigenvalue weighted by Gasteiger charge is 2.33. The highest BCUT2D eigenvalue weighted by Crippen LogP contribution is 2.31. The molecule has 1 aliphatic heterocycles. The monoisotopic (exact) mass is 551 g/mol. The van der Waals surface area contributed by atoms with E-state index in [9.17, 15) is 20.8 Å². The Bertz CT molecular complexity index is 578. The molecule has 0 amide bonds. The molecule has 2 saturated carbocycles. The van der Waals surface area contributed by atoms with Crippen LogP contribution in [-0.2, 0) is 0 Å². The summed E-state index contributed by atoms with van der Waals surface area (Å²) < 4.78 is 0.731. The van der Waals surface area contributed by atoms with Gasteiger partial charge >= 0.3 is 0 Å². The number of likely N-dealkylation sites (tertiary alicyclic amines) is 1. The zero-order valence-electron chi connectivity index (χ0n) is 18.7. The third-order valence-corrected chi connectivity index (χ3v) is 8.46. The molecule has 0 bridgehead atoms. The van der Waals surface area contributed by atoms with Gasteiger partial charge in [0, 0.05) is 41.6 Å². The van der Waals surface area contributed by atoms with Crippen molar-refractivity contribution in [3.8, 4) is 0 Å². The van der Waals surface area contributed by atoms with Crippen LogP contribution in [0.2, 0.25) is 0 Å². The number of hydroxylamine groups is 4. The first-order valence-corrected chi connectivity index (χ1v) is 13.0. The smallest absolute Gasteiger partial charge is 0.0608 e. The van der Waals surface area contributed by atoms with E-state index in [4.69, 9.17) is 5.10 Å². The molecule has 9 nitrogen and oxygen atoms in total. The van der Waals surface area contributed by atoms with E-state index in [1.165, 1.54) is 19.3 Å². The Morgan fingerprint density at radius 3 is 2.23 bits per heavy atom. The van der Waals surface area contributed by atoms with Crippen molar-refractivity contribution in [3.63, 3.8) is 0 Å². The Kier molecular flexibility index (Phi) is 9.78. The van der Waals surface area contributed by atoms with Crippen molar-refractivity contribution >= 4 is 28.3 Å². The van der Waals surface area contributed by atoms with Gasteiger partial charge in [-0.15, -0.1) is 0 Å². The maximum Gasteiger partial charge on any atom is 0.0608 e. The van der Waals surface area contributed by atoms with E-state index >= 15 is 0 Å². The van der Waals surface area contributed by atoms with E-state index in [0.29, 0.717) is 30.6 Å². The van der Waals surface area contributed by atoms with Crippen LogP contribution in [0.1, 0.15) is 65.2 Å². The minimum atomic E-state index is -0.813. The number of hydrogen-bond acceptors (Lipinski definition) is 9. The number of nitrogens with zero attached hydrogens (tertiary/aromatic N) is 4. The van der Waals surface area contributed by atoms with Gasteiger partial charge in [0.15, 0.2) is 0 Å². The summed E-state index contributed by atoms with van der Waals surface area (Å²) in [6, 6.07) is -1.84. The molecule has 0 spiro atoms. The van der Waals surface area contributed by atoms with Gasteiger partial charge in [-0.3, -0.25) is 15.4 Å². The van der Waals surface area contributed by atoms with Crippen molar-refractivity contribution in [1.82, 2.24) is 20.8 Å². The molecule has 1 saturated heterocycles. The third kappa shape index (κ3) is 7.46. The SMILES string of the molecule is CC1CC(C)CN(CC(=NNC2CCC(N([O-])O)CC2N([O-])O)C2CCC(I)CC2)C1. The average Bonchev–Trinajstić information content (AvgIpc) is 2.70. The summed E-state index contributed by atoms with van der Waals surface area (Å²) in [5.74, 6) is 1.80. The molecule has 10 heteroatoms. The highest BCUT2D eigenvalue weighted by atomic mass is 127. The minimum absolute atomic E-state index is 0.0855. The summed E-state index contributed by atoms with van der Waals surface area (Å²) in [5, 5.41) is 46.4. The molecule has 0 aromatic rings. The van der Waals surface area contributed by atoms with Gasteiger partial charge in [0.2, 0.25) is 0 Å². The summed E-state index contributed by atoms with van der Waals surface area (Å²) in [5.41, 5.74) is 4.34. The van der Waals surface area contributed by atoms with E-state index in [-0.39, 0.29) is 22.9 Å². The van der Waals surface area contributed by atoms with Gasteiger partial charge < -0.3 is 26.3 Å². The van der Waals surface area contributed by atoms with Gasteiger partial charge in [0.05, 0.1) is 11.8 Å². The molecule has 5 unspecified atom stereocenters. The molecule has 5 atom stereocenters. The van der Waals surface area contributed by atoms with Crippen LogP contribution in [0.5, 0.6) is 0 Å². The molecule has 2 aliphatic carbocycles. The minimum Gasteiger partial charge on any atom is -0.762 e. The van der Waals surface area contributed by atoms with Gasteiger partial charge in [-0.05, 0) is 63.2 Å². The van der Waals surface area contributed by atoms with E-state index in [1.807, 2.05) is 0 Å². The van der Waals surface area contributed by atoms with Crippen molar-refractivity contribution in [1.29, 1.82) is 0 Å². The van der Waals surface area contributed by atoms with Crippen molar-refractivity contribution in [3.05, 3.63) is 10.4 Å². The number of hydrogen-bond donors (Lipinski definition) is 3. The first kappa shape index (κ1) is 25.5. The van der Waals surface area contributed by atoms with E-state index in [0.717, 1.165) is 42.1 Å². The zero-order chi connectivity index (χ0) is 22.5. The number of piperidine rings is 1. The Hall–Kier alpha value is -0.0800. The second kappa shape index (κ2) is 11.9. The molecule has 1 heterocycles. The molecule has 0 radical (unpaired) electrons. The number of halogens is 1. The summed E-state index contributed by atoms with van der Waals surface area (Å²) in [4.78, 5) is 2.51. The van der Waals surface area contributed by atoms with Gasteiger partial charge in [-0.2, -0.15) is 5.10 Å². The maximum atomic E-state index is 11.7. The van der Waals surface area contributed by atoms with Gasteiger partial charge in [0.25, 0.3) is 0 Å². The van der Waals surface area contributed by atoms with Crippen molar-refractivity contribution in [2.75, 3.05) is 19.6 Å². The molecule has 3 aliphatic rings. The molecule has 3 rings (SSSR count). The summed E-state index contributed by atoms with van der Waals surface area (Å²) >= 11 is 2.54. The van der Waals surface area contributed by atoms with E-state index in [2.05, 4.69) is 46.8 Å². The first-order chi connectivity index (χ1) is 14.7. The van der Waals surface area contributed by atoms with Gasteiger partial charge in [-0.1, -0.05) is 36.4 Å². The van der Waals surface area contributed by atoms with Crippen LogP contribution in [0.15, 0.2) is 5.10 Å². The average molecular weight is 551 g/mol. The lowest BCUT2D eigenvalue weighted by Crippen LogP contribution is -2.53. The highest BCUT2D eigenvalue weighted by molar-refractivity contribution is 14.1. The van der Waals surface area contributed by atoms with E-state index in [1.54, 1.807) is 0 Å². The normalized spacial score (nSPS) is 38.6. The summed E-state index contributed by atoms with van der Waals surface area (Å²) in [7, 11) is 0. The Labute approximate surface area is 199 Å². The standard InChI is InChI=1S/C21H38IN5O4/c1-14-9-15(2)12-25(11-14)13-20(16-3-5-17(22)6-4-16)24-23-19-8-7-18(26(28)29)10-21(19)27(30)31/h14-19,21,23,28,30H,3-13H2,1-2H3/q-2. The fourth-order valence-corrected chi connectivity index (χ4v) is 6.40. The van der Waals surface area contributed by atoms with Crippen LogP contribution in [0.3, 0.4) is 0 Å². The summed E-state index contributed by atoms with van der Waals surface area (Å²) in [6.07, 6.45) is 6.97. The Morgan fingerprint density at radius 1 is 1.00 bits per heavy atom. The predicted molar refractivity (Wildman–Crippen MR) is 129 cm³/mol. The van der Waals surface area contributed by atoms with Crippen LogP contribution in [-0.4, -0.2) is 73.2 Å². The molecule has 180 valence electrons. The molecule has 31 heavy (non-hydrogen) atoms. The number of alkyl halides is 1. The molecule has 3 N–H and O–H groups in total. The van der Waals surface area contributed by atoms with Crippen molar-refractivity contribution < 1.29 is 10.4 Å². The maximum absolute atomic E-state index is 11.7. The fraction of sp³-hybridized carbons (Fsp3) is 0.952. The van der Waals surface area contributed by atoms with Gasteiger partial charge in [-0.25, -0.2) is 0 Å². The molecule has 3 fully saturated rings. The van der Waals surface area contributed by atoms with Crippen LogP contribution in [0.25, 0.3) is 0 Å². The van der Waals surface area contributed by atoms with Crippen LogP contribution in [0.4, 0.5) is 0 Å².